The molecule has 0 saturated heterocycles. The zero-order valence-electron chi connectivity index (χ0n) is 15.7. The Morgan fingerprint density at radius 1 is 0.929 bits per heavy atom. The van der Waals surface area contributed by atoms with Crippen molar-refractivity contribution in [3.63, 3.8) is 0 Å². The number of aryl methyl sites for hydroxylation is 1. The van der Waals surface area contributed by atoms with Crippen LogP contribution in [0.1, 0.15) is 32.0 Å². The van der Waals surface area contributed by atoms with Crippen LogP contribution in [0.3, 0.4) is 0 Å². The Hall–Kier alpha value is -2.56. The second kappa shape index (κ2) is 9.58. The Balaban J connectivity index is 0.00000225. The van der Waals surface area contributed by atoms with Crippen molar-refractivity contribution in [1.29, 1.82) is 0 Å². The van der Waals surface area contributed by atoms with E-state index in [1.807, 2.05) is 57.8 Å². The molecule has 145 valence electrons. The molecule has 0 spiro atoms. The average molecular weight is 549 g/mol. The molecule has 0 unspecified atom stereocenters. The molecule has 0 fully saturated rings. The fourth-order valence-corrected chi connectivity index (χ4v) is 3.11. The van der Waals surface area contributed by atoms with E-state index in [0.717, 1.165) is 35.7 Å². The van der Waals surface area contributed by atoms with Crippen LogP contribution in [0, 0.1) is 6.20 Å². The molecule has 0 aliphatic rings. The number of imidazole rings is 1. The molecule has 4 rings (SSSR count). The molecule has 6 heteroatoms. The Kier molecular flexibility index (Phi) is 6.90. The first-order valence-electron chi connectivity index (χ1n) is 9.39. The molecule has 28 heavy (non-hydrogen) atoms. The van der Waals surface area contributed by atoms with Crippen molar-refractivity contribution >= 4 is 0 Å². The van der Waals surface area contributed by atoms with E-state index in [4.69, 9.17) is 10.1 Å². The van der Waals surface area contributed by atoms with E-state index >= 15 is 0 Å². The summed E-state index contributed by atoms with van der Waals surface area (Å²) >= 11 is 0. The summed E-state index contributed by atoms with van der Waals surface area (Å²) in [4.78, 5) is 9.30. The fraction of sp³-hybridized carbons (Fsp3) is 0.227. The van der Waals surface area contributed by atoms with E-state index in [9.17, 15) is 0 Å². The zero-order valence-corrected chi connectivity index (χ0v) is 18.1. The average Bonchev–Trinajstić information content (AvgIpc) is 3.37. The minimum absolute atomic E-state index is 0. The van der Waals surface area contributed by atoms with Crippen molar-refractivity contribution in [3.8, 4) is 23.0 Å². The van der Waals surface area contributed by atoms with Crippen molar-refractivity contribution in [3.05, 3.63) is 78.9 Å². The SMILES string of the molecule is CCCCCc1nc(-n2[c-]cnc2-c2ccccc2)nn1-c1ccccc1.[Ir]. The van der Waals surface area contributed by atoms with Crippen LogP contribution in [0.25, 0.3) is 23.0 Å². The minimum Gasteiger partial charge on any atom is -0.429 e. The quantitative estimate of drug-likeness (QED) is 0.250. The van der Waals surface area contributed by atoms with E-state index in [0.29, 0.717) is 5.95 Å². The number of para-hydroxylation sites is 1. The number of aromatic nitrogens is 5. The summed E-state index contributed by atoms with van der Waals surface area (Å²) in [5.74, 6) is 2.35. The minimum atomic E-state index is 0. The first-order chi connectivity index (χ1) is 13.4. The van der Waals surface area contributed by atoms with Gasteiger partial charge < -0.3 is 9.55 Å². The third kappa shape index (κ3) is 4.29. The zero-order chi connectivity index (χ0) is 18.5. The van der Waals surface area contributed by atoms with E-state index in [1.54, 1.807) is 6.20 Å². The van der Waals surface area contributed by atoms with Gasteiger partial charge in [-0.15, -0.1) is 0 Å². The van der Waals surface area contributed by atoms with Gasteiger partial charge in [-0.05, 0) is 30.3 Å². The number of rotatable bonds is 7. The Morgan fingerprint density at radius 2 is 1.64 bits per heavy atom. The summed E-state index contributed by atoms with van der Waals surface area (Å²) in [5.41, 5.74) is 2.03. The third-order valence-corrected chi connectivity index (χ3v) is 4.49. The van der Waals surface area contributed by atoms with Gasteiger partial charge in [-0.3, -0.25) is 4.98 Å². The molecular formula is C22H22IrN5-. The van der Waals surface area contributed by atoms with Gasteiger partial charge in [-0.1, -0.05) is 74.5 Å². The fourth-order valence-electron chi connectivity index (χ4n) is 3.11. The van der Waals surface area contributed by atoms with Crippen LogP contribution in [0.5, 0.6) is 0 Å². The third-order valence-electron chi connectivity index (χ3n) is 4.49. The van der Waals surface area contributed by atoms with Gasteiger partial charge in [-0.25, -0.2) is 4.68 Å². The number of nitrogens with zero attached hydrogens (tertiary/aromatic N) is 5. The van der Waals surface area contributed by atoms with E-state index < -0.39 is 0 Å². The second-order valence-corrected chi connectivity index (χ2v) is 6.44. The monoisotopic (exact) mass is 549 g/mol. The molecule has 2 heterocycles. The first-order valence-corrected chi connectivity index (χ1v) is 9.39. The molecule has 5 nitrogen and oxygen atoms in total. The molecule has 0 atom stereocenters. The molecule has 0 saturated carbocycles. The number of unbranched alkanes of at least 4 members (excludes halogenated alkanes) is 2. The van der Waals surface area contributed by atoms with Crippen molar-refractivity contribution in [2.45, 2.75) is 32.6 Å². The molecule has 0 aliphatic heterocycles. The molecule has 1 radical (unpaired) electrons. The first kappa shape index (κ1) is 20.2. The van der Waals surface area contributed by atoms with E-state index in [2.05, 4.69) is 30.2 Å². The molecule has 0 bridgehead atoms. The molecule has 0 aliphatic carbocycles. The number of hydrogen-bond acceptors (Lipinski definition) is 3. The van der Waals surface area contributed by atoms with Crippen LogP contribution < -0.4 is 0 Å². The topological polar surface area (TPSA) is 48.5 Å². The Labute approximate surface area is 178 Å². The Bertz CT molecular complexity index is 992. The molecular weight excluding hydrogens is 526 g/mol. The van der Waals surface area contributed by atoms with Crippen LogP contribution in [0.2, 0.25) is 0 Å². The summed E-state index contributed by atoms with van der Waals surface area (Å²) in [6.07, 6.45) is 9.17. The predicted molar refractivity (Wildman–Crippen MR) is 106 cm³/mol. The van der Waals surface area contributed by atoms with Gasteiger partial charge in [-0.2, -0.15) is 5.10 Å². The van der Waals surface area contributed by atoms with Gasteiger partial charge in [0.15, 0.2) is 0 Å². The maximum Gasteiger partial charge on any atom is 0.141 e. The smallest absolute Gasteiger partial charge is 0.141 e. The van der Waals surface area contributed by atoms with Gasteiger partial charge in [0, 0.05) is 32.4 Å². The van der Waals surface area contributed by atoms with Crippen molar-refractivity contribution in [2.24, 2.45) is 0 Å². The molecule has 2 aromatic carbocycles. The van der Waals surface area contributed by atoms with E-state index in [-0.39, 0.29) is 20.1 Å². The van der Waals surface area contributed by atoms with Crippen molar-refractivity contribution in [2.75, 3.05) is 0 Å². The molecule has 2 aromatic heterocycles. The summed E-state index contributed by atoms with van der Waals surface area (Å²) in [7, 11) is 0. The van der Waals surface area contributed by atoms with Gasteiger partial charge in [0.2, 0.25) is 0 Å². The van der Waals surface area contributed by atoms with Crippen LogP contribution in [0.4, 0.5) is 0 Å². The maximum atomic E-state index is 4.83. The summed E-state index contributed by atoms with van der Waals surface area (Å²) in [5, 5.41) is 4.79. The molecule has 4 aromatic rings. The second-order valence-electron chi connectivity index (χ2n) is 6.44. The predicted octanol–water partition coefficient (Wildman–Crippen LogP) is 4.65. The largest absolute Gasteiger partial charge is 0.429 e. The number of benzene rings is 2. The van der Waals surface area contributed by atoms with Crippen LogP contribution in [-0.4, -0.2) is 24.3 Å². The van der Waals surface area contributed by atoms with Gasteiger partial charge in [0.05, 0.1) is 5.69 Å². The van der Waals surface area contributed by atoms with Crippen molar-refractivity contribution < 1.29 is 20.1 Å². The normalized spacial score (nSPS) is 10.6. The van der Waals surface area contributed by atoms with E-state index in [1.165, 1.54) is 12.8 Å². The number of hydrogen-bond donors (Lipinski definition) is 0. The molecule has 0 N–H and O–H groups in total. The Morgan fingerprint density at radius 3 is 2.36 bits per heavy atom. The van der Waals surface area contributed by atoms with Gasteiger partial charge in [0.1, 0.15) is 11.8 Å². The maximum absolute atomic E-state index is 4.83. The van der Waals surface area contributed by atoms with Crippen molar-refractivity contribution in [1.82, 2.24) is 24.3 Å². The van der Waals surface area contributed by atoms with Gasteiger partial charge >= 0.3 is 0 Å². The molecule has 0 amide bonds. The summed E-state index contributed by atoms with van der Waals surface area (Å²) in [6, 6.07) is 20.2. The van der Waals surface area contributed by atoms with Crippen LogP contribution >= 0.6 is 0 Å². The van der Waals surface area contributed by atoms with Gasteiger partial charge in [0.25, 0.3) is 0 Å². The van der Waals surface area contributed by atoms with Crippen LogP contribution in [0.15, 0.2) is 66.9 Å². The van der Waals surface area contributed by atoms with Crippen LogP contribution in [-0.2, 0) is 26.5 Å². The summed E-state index contributed by atoms with van der Waals surface area (Å²) < 4.78 is 3.77. The summed E-state index contributed by atoms with van der Waals surface area (Å²) in [6.45, 7) is 2.21. The standard InChI is InChI=1S/C22H22N5.Ir/c1-2-3-6-15-20-24-22(25-27(20)19-13-9-5-10-14-19)26-17-16-23-21(26)18-11-7-4-8-12-18;/h4-5,7-14,16H,2-3,6,15H2,1H3;/q-1;.